The van der Waals surface area contributed by atoms with Gasteiger partial charge in [0.25, 0.3) is 11.1 Å². The summed E-state index contributed by atoms with van der Waals surface area (Å²) < 4.78 is 3.92. The summed E-state index contributed by atoms with van der Waals surface area (Å²) in [5.74, 6) is 2.41. The third-order valence-electron chi connectivity index (χ3n) is 6.77. The van der Waals surface area contributed by atoms with E-state index in [0.717, 1.165) is 39.3 Å². The Labute approximate surface area is 170 Å². The van der Waals surface area contributed by atoms with Gasteiger partial charge in [0, 0.05) is 61.5 Å². The average molecular weight is 398 g/mol. The van der Waals surface area contributed by atoms with Gasteiger partial charge in [-0.3, -0.25) is 9.59 Å². The molecule has 2 aromatic heterocycles. The van der Waals surface area contributed by atoms with Crippen LogP contribution in [0.25, 0.3) is 0 Å². The maximum atomic E-state index is 11.6. The first kappa shape index (κ1) is 20.1. The van der Waals surface area contributed by atoms with Crippen molar-refractivity contribution < 1.29 is 0 Å². The minimum Gasteiger partial charge on any atom is -0.344 e. The molecule has 2 aromatic rings. The van der Waals surface area contributed by atoms with Gasteiger partial charge in [-0.05, 0) is 49.9 Å². The molecule has 0 spiro atoms. The molecular weight excluding hydrogens is 366 g/mol. The number of hydrogen-bond donors (Lipinski definition) is 3. The van der Waals surface area contributed by atoms with E-state index in [-0.39, 0.29) is 17.3 Å². The summed E-state index contributed by atoms with van der Waals surface area (Å²) in [7, 11) is 0. The third-order valence-corrected chi connectivity index (χ3v) is 6.77. The second-order valence-corrected chi connectivity index (χ2v) is 8.71. The van der Waals surface area contributed by atoms with Crippen LogP contribution in [-0.4, -0.2) is 35.3 Å². The Bertz CT molecular complexity index is 902. The van der Waals surface area contributed by atoms with Gasteiger partial charge in [-0.1, -0.05) is 12.1 Å². The topological polar surface area (TPSA) is 103 Å². The first-order chi connectivity index (χ1) is 13.7. The molecule has 0 aliphatic carbocycles. The molecule has 0 amide bonds. The van der Waals surface area contributed by atoms with E-state index < -0.39 is 0 Å². The number of pyridine rings is 2. The molecule has 7 heteroatoms. The molecule has 0 radical (unpaired) electrons. The summed E-state index contributed by atoms with van der Waals surface area (Å²) in [4.78, 5) is 23.3. The average Bonchev–Trinajstić information content (AvgIpc) is 2.71. The lowest BCUT2D eigenvalue weighted by atomic mass is 9.84. The molecule has 6 heterocycles. The van der Waals surface area contributed by atoms with E-state index in [1.54, 1.807) is 12.1 Å². The van der Waals surface area contributed by atoms with Gasteiger partial charge in [0.05, 0.1) is 0 Å². The fraction of sp³-hybridized carbons (Fsp3) is 0.545. The van der Waals surface area contributed by atoms with Gasteiger partial charge in [0.2, 0.25) is 0 Å². The third kappa shape index (κ3) is 3.82. The van der Waals surface area contributed by atoms with Gasteiger partial charge in [-0.15, -0.1) is 0 Å². The zero-order chi connectivity index (χ0) is 19.1. The van der Waals surface area contributed by atoms with Crippen LogP contribution < -0.4 is 27.9 Å². The van der Waals surface area contributed by atoms with Crippen LogP contribution in [0, 0.1) is 11.8 Å². The van der Waals surface area contributed by atoms with Crippen LogP contribution in [0.2, 0.25) is 0 Å². The Hall–Kier alpha value is -2.22. The molecule has 6 rings (SSSR count). The molecule has 0 unspecified atom stereocenters. The largest absolute Gasteiger partial charge is 0.344 e. The Kier molecular flexibility index (Phi) is 5.72. The van der Waals surface area contributed by atoms with E-state index in [4.69, 9.17) is 0 Å². The Balaban J connectivity index is 0.000000137. The SMILES string of the molecule is N.O=c1cccc2n1C[C@@H]1CNC[C@H]2C1.O=c1cccc2n1C[C@@H]1CNC[C@H]2C1. The van der Waals surface area contributed by atoms with Crippen LogP contribution in [-0.2, 0) is 13.1 Å². The highest BCUT2D eigenvalue weighted by atomic mass is 16.1. The van der Waals surface area contributed by atoms with Crippen LogP contribution in [0.4, 0.5) is 0 Å². The molecule has 4 atom stereocenters. The van der Waals surface area contributed by atoms with Crippen molar-refractivity contribution in [3.8, 4) is 0 Å². The van der Waals surface area contributed by atoms with Crippen molar-refractivity contribution >= 4 is 0 Å². The van der Waals surface area contributed by atoms with Crippen LogP contribution in [0.5, 0.6) is 0 Å². The molecule has 7 nitrogen and oxygen atoms in total. The summed E-state index contributed by atoms with van der Waals surface area (Å²) in [6.07, 6.45) is 2.49. The van der Waals surface area contributed by atoms with Gasteiger partial charge in [-0.2, -0.15) is 0 Å². The number of aromatic nitrogens is 2. The lowest BCUT2D eigenvalue weighted by Gasteiger charge is -2.37. The van der Waals surface area contributed by atoms with E-state index in [9.17, 15) is 9.59 Å². The molecular formula is C22H31N5O2. The molecule has 0 aromatic carbocycles. The maximum Gasteiger partial charge on any atom is 0.250 e. The zero-order valence-electron chi connectivity index (χ0n) is 16.8. The molecule has 4 aliphatic heterocycles. The van der Waals surface area contributed by atoms with Crippen molar-refractivity contribution in [1.29, 1.82) is 0 Å². The summed E-state index contributed by atoms with van der Waals surface area (Å²) in [5.41, 5.74) is 2.78. The van der Waals surface area contributed by atoms with E-state index >= 15 is 0 Å². The van der Waals surface area contributed by atoms with Gasteiger partial charge in [0.1, 0.15) is 0 Å². The van der Waals surface area contributed by atoms with E-state index in [1.165, 1.54) is 24.2 Å². The second-order valence-electron chi connectivity index (χ2n) is 8.71. The van der Waals surface area contributed by atoms with Crippen LogP contribution in [0.15, 0.2) is 46.0 Å². The fourth-order valence-corrected chi connectivity index (χ4v) is 5.48. The fourth-order valence-electron chi connectivity index (χ4n) is 5.48. The van der Waals surface area contributed by atoms with Crippen molar-refractivity contribution in [2.45, 2.75) is 37.8 Å². The van der Waals surface area contributed by atoms with Crippen LogP contribution in [0.3, 0.4) is 0 Å². The number of nitrogens with one attached hydrogen (secondary N) is 2. The zero-order valence-corrected chi connectivity index (χ0v) is 16.8. The number of rotatable bonds is 0. The molecule has 5 N–H and O–H groups in total. The molecule has 0 saturated carbocycles. The number of hydrogen-bond acceptors (Lipinski definition) is 5. The predicted molar refractivity (Wildman–Crippen MR) is 114 cm³/mol. The van der Waals surface area contributed by atoms with Gasteiger partial charge < -0.3 is 25.9 Å². The predicted octanol–water partition coefficient (Wildman–Crippen LogP) is 1.27. The number of fused-ring (bicyclic) bond motifs is 8. The number of piperidine rings is 2. The van der Waals surface area contributed by atoms with Gasteiger partial charge >= 0.3 is 0 Å². The summed E-state index contributed by atoms with van der Waals surface area (Å²) >= 11 is 0. The Morgan fingerprint density at radius 3 is 1.59 bits per heavy atom. The molecule has 2 saturated heterocycles. The first-order valence-corrected chi connectivity index (χ1v) is 10.5. The van der Waals surface area contributed by atoms with Gasteiger partial charge in [0.15, 0.2) is 0 Å². The quantitative estimate of drug-likeness (QED) is 0.621. The second kappa shape index (κ2) is 8.26. The lowest BCUT2D eigenvalue weighted by Crippen LogP contribution is -2.44. The summed E-state index contributed by atoms with van der Waals surface area (Å²) in [6, 6.07) is 11.3. The van der Waals surface area contributed by atoms with Crippen molar-refractivity contribution in [3.05, 3.63) is 68.5 Å². The Morgan fingerprint density at radius 1 is 0.690 bits per heavy atom. The minimum absolute atomic E-state index is 0. The van der Waals surface area contributed by atoms with Crippen molar-refractivity contribution in [3.63, 3.8) is 0 Å². The van der Waals surface area contributed by atoms with E-state index in [2.05, 4.69) is 22.8 Å². The first-order valence-electron chi connectivity index (χ1n) is 10.5. The van der Waals surface area contributed by atoms with Crippen molar-refractivity contribution in [2.24, 2.45) is 11.8 Å². The highest BCUT2D eigenvalue weighted by Gasteiger charge is 2.31. The Morgan fingerprint density at radius 2 is 1.14 bits per heavy atom. The molecule has 4 bridgehead atoms. The van der Waals surface area contributed by atoms with Crippen molar-refractivity contribution in [1.82, 2.24) is 25.9 Å². The van der Waals surface area contributed by atoms with Crippen LogP contribution in [0.1, 0.15) is 36.1 Å². The lowest BCUT2D eigenvalue weighted by molar-refractivity contribution is 0.257. The number of nitrogens with zero attached hydrogens (tertiary/aromatic N) is 2. The summed E-state index contributed by atoms with van der Waals surface area (Å²) in [5, 5.41) is 6.86. The molecule has 2 fully saturated rings. The minimum atomic E-state index is 0. The molecule has 156 valence electrons. The van der Waals surface area contributed by atoms with E-state index in [1.807, 2.05) is 21.3 Å². The highest BCUT2D eigenvalue weighted by Crippen LogP contribution is 2.32. The van der Waals surface area contributed by atoms with Gasteiger partial charge in [-0.25, -0.2) is 0 Å². The normalized spacial score (nSPS) is 28.7. The molecule has 4 aliphatic rings. The smallest absolute Gasteiger partial charge is 0.250 e. The highest BCUT2D eigenvalue weighted by molar-refractivity contribution is 5.17. The monoisotopic (exact) mass is 397 g/mol. The van der Waals surface area contributed by atoms with E-state index in [0.29, 0.717) is 23.7 Å². The molecule has 29 heavy (non-hydrogen) atoms. The maximum absolute atomic E-state index is 11.6. The van der Waals surface area contributed by atoms with Crippen molar-refractivity contribution in [2.75, 3.05) is 26.2 Å². The summed E-state index contributed by atoms with van der Waals surface area (Å²) in [6.45, 7) is 5.99. The standard InChI is InChI=1S/2C11H14N2O.H3N/c2*14-11-3-1-2-10-9-4-8(5-12-6-9)7-13(10)11;/h2*1-3,8-9,12H,4-7H2;1H3/t2*8-,9+;/m00./s1. The van der Waals surface area contributed by atoms with Crippen LogP contribution >= 0.6 is 0 Å².